The van der Waals surface area contributed by atoms with E-state index in [-0.39, 0.29) is 36.0 Å². The number of carbonyl (C=O) groups excluding carboxylic acids is 1. The van der Waals surface area contributed by atoms with Crippen molar-refractivity contribution in [2.45, 2.75) is 37.5 Å². The van der Waals surface area contributed by atoms with Gasteiger partial charge in [-0.05, 0) is 60.4 Å². The molecule has 5 heterocycles. The van der Waals surface area contributed by atoms with Crippen molar-refractivity contribution >= 4 is 49.9 Å². The first-order chi connectivity index (χ1) is 19.8. The second kappa shape index (κ2) is 11.3. The van der Waals surface area contributed by atoms with E-state index in [1.807, 2.05) is 24.3 Å². The van der Waals surface area contributed by atoms with Crippen LogP contribution in [0.4, 0.5) is 11.6 Å². The SMILES string of the molecule is COCc1nc2c(cc1Cl)CCCN2c1ccc2cnc(CNC(=O)c3ccc4c(c3)S(=O)(=O)CCOC4)cc2n1. The average molecular weight is 594 g/mol. The van der Waals surface area contributed by atoms with Crippen molar-refractivity contribution in [2.75, 3.05) is 30.9 Å². The van der Waals surface area contributed by atoms with E-state index >= 15 is 0 Å². The summed E-state index contributed by atoms with van der Waals surface area (Å²) >= 11 is 6.43. The van der Waals surface area contributed by atoms with Crippen molar-refractivity contribution in [3.05, 3.63) is 81.8 Å². The number of carbonyl (C=O) groups is 1. The van der Waals surface area contributed by atoms with Crippen molar-refractivity contribution in [3.63, 3.8) is 0 Å². The van der Waals surface area contributed by atoms with E-state index in [2.05, 4.69) is 15.2 Å². The third kappa shape index (κ3) is 5.62. The van der Waals surface area contributed by atoms with Crippen molar-refractivity contribution in [2.24, 2.45) is 0 Å². The molecule has 10 nitrogen and oxygen atoms in total. The summed E-state index contributed by atoms with van der Waals surface area (Å²) in [5, 5.41) is 4.30. The Bertz CT molecular complexity index is 1760. The van der Waals surface area contributed by atoms with Crippen LogP contribution < -0.4 is 10.2 Å². The van der Waals surface area contributed by atoms with Gasteiger partial charge in [0.1, 0.15) is 11.6 Å². The Morgan fingerprint density at radius 2 is 2.02 bits per heavy atom. The number of amides is 1. The highest BCUT2D eigenvalue weighted by atomic mass is 35.5. The molecule has 1 aromatic carbocycles. The summed E-state index contributed by atoms with van der Waals surface area (Å²) in [6.45, 7) is 1.57. The highest BCUT2D eigenvalue weighted by Crippen LogP contribution is 2.34. The number of rotatable bonds is 6. The van der Waals surface area contributed by atoms with Gasteiger partial charge in [-0.15, -0.1) is 0 Å². The molecule has 0 aliphatic carbocycles. The van der Waals surface area contributed by atoms with Crippen LogP contribution in [0.15, 0.2) is 53.6 Å². The van der Waals surface area contributed by atoms with Crippen molar-refractivity contribution in [1.82, 2.24) is 20.3 Å². The summed E-state index contributed by atoms with van der Waals surface area (Å²) < 4.78 is 35.8. The Balaban J connectivity index is 1.23. The lowest BCUT2D eigenvalue weighted by Crippen LogP contribution is -2.27. The smallest absolute Gasteiger partial charge is 0.251 e. The van der Waals surface area contributed by atoms with E-state index in [0.717, 1.165) is 47.5 Å². The topological polar surface area (TPSA) is 124 Å². The summed E-state index contributed by atoms with van der Waals surface area (Å²) in [6, 6.07) is 12.4. The highest BCUT2D eigenvalue weighted by molar-refractivity contribution is 7.91. The zero-order valence-electron chi connectivity index (χ0n) is 22.4. The van der Waals surface area contributed by atoms with Gasteiger partial charge in [0, 0.05) is 30.8 Å². The number of benzene rings is 1. The molecule has 0 radical (unpaired) electrons. The predicted octanol–water partition coefficient (Wildman–Crippen LogP) is 4.14. The maximum atomic E-state index is 12.9. The number of hydrogen-bond acceptors (Lipinski definition) is 9. The first kappa shape index (κ1) is 27.5. The van der Waals surface area contributed by atoms with E-state index in [4.69, 9.17) is 31.0 Å². The number of sulfone groups is 1. The van der Waals surface area contributed by atoms with Gasteiger partial charge in [-0.1, -0.05) is 17.7 Å². The molecule has 3 aromatic heterocycles. The molecule has 2 aliphatic heterocycles. The highest BCUT2D eigenvalue weighted by Gasteiger charge is 2.25. The Labute approximate surface area is 242 Å². The normalized spacial score (nSPS) is 16.1. The molecule has 0 unspecified atom stereocenters. The minimum atomic E-state index is -3.51. The van der Waals surface area contributed by atoms with Crippen LogP contribution in [0.1, 0.15) is 39.3 Å². The van der Waals surface area contributed by atoms with Crippen LogP contribution in [-0.4, -0.2) is 55.3 Å². The zero-order chi connectivity index (χ0) is 28.6. The number of anilines is 2. The van der Waals surface area contributed by atoms with Gasteiger partial charge in [0.05, 0.1) is 58.9 Å². The number of ether oxygens (including phenoxy) is 2. The van der Waals surface area contributed by atoms with Gasteiger partial charge >= 0.3 is 0 Å². The zero-order valence-corrected chi connectivity index (χ0v) is 24.0. The molecular weight excluding hydrogens is 566 g/mol. The lowest BCUT2D eigenvalue weighted by molar-refractivity contribution is 0.0950. The maximum absolute atomic E-state index is 12.9. The minimum Gasteiger partial charge on any atom is -0.378 e. The molecule has 2 aliphatic rings. The van der Waals surface area contributed by atoms with Crippen LogP contribution >= 0.6 is 11.6 Å². The predicted molar refractivity (Wildman–Crippen MR) is 154 cm³/mol. The molecule has 1 N–H and O–H groups in total. The molecule has 12 heteroatoms. The summed E-state index contributed by atoms with van der Waals surface area (Å²) in [5.74, 6) is 1.09. The lowest BCUT2D eigenvalue weighted by Gasteiger charge is -2.30. The van der Waals surface area contributed by atoms with Crippen LogP contribution in [0.25, 0.3) is 10.9 Å². The van der Waals surface area contributed by atoms with E-state index in [0.29, 0.717) is 28.6 Å². The minimum absolute atomic E-state index is 0.109. The van der Waals surface area contributed by atoms with Crippen molar-refractivity contribution in [3.8, 4) is 0 Å². The number of pyridine rings is 3. The number of aryl methyl sites for hydroxylation is 1. The molecule has 4 aromatic rings. The quantitative estimate of drug-likeness (QED) is 0.351. The third-order valence-corrected chi connectivity index (χ3v) is 9.29. The van der Waals surface area contributed by atoms with Gasteiger partial charge in [-0.25, -0.2) is 18.4 Å². The van der Waals surface area contributed by atoms with Crippen LogP contribution in [0, 0.1) is 0 Å². The average Bonchev–Trinajstić information content (AvgIpc) is 3.12. The first-order valence-electron chi connectivity index (χ1n) is 13.2. The van der Waals surface area contributed by atoms with E-state index in [9.17, 15) is 13.2 Å². The number of fused-ring (bicyclic) bond motifs is 3. The van der Waals surface area contributed by atoms with Crippen molar-refractivity contribution < 1.29 is 22.7 Å². The molecule has 0 fully saturated rings. The largest absolute Gasteiger partial charge is 0.378 e. The Hall–Kier alpha value is -3.64. The number of nitrogens with zero attached hydrogens (tertiary/aromatic N) is 4. The second-order valence-corrected chi connectivity index (χ2v) is 12.5. The number of hydrogen-bond donors (Lipinski definition) is 1. The lowest BCUT2D eigenvalue weighted by atomic mass is 10.0. The van der Waals surface area contributed by atoms with Crippen LogP contribution in [0.2, 0.25) is 5.02 Å². The van der Waals surface area contributed by atoms with Gasteiger partial charge in [0.2, 0.25) is 0 Å². The fourth-order valence-corrected chi connectivity index (χ4v) is 6.72. The summed E-state index contributed by atoms with van der Waals surface area (Å²) in [5.41, 5.74) is 3.93. The van der Waals surface area contributed by atoms with E-state index in [1.54, 1.807) is 25.4 Å². The molecular formula is C29H28ClN5O5S. The molecule has 41 heavy (non-hydrogen) atoms. The maximum Gasteiger partial charge on any atom is 0.251 e. The molecule has 212 valence electrons. The van der Waals surface area contributed by atoms with Crippen LogP contribution in [-0.2, 0) is 45.5 Å². The number of nitrogens with one attached hydrogen (secondary N) is 1. The third-order valence-electron chi connectivity index (χ3n) is 7.21. The first-order valence-corrected chi connectivity index (χ1v) is 15.3. The molecule has 0 saturated carbocycles. The summed E-state index contributed by atoms with van der Waals surface area (Å²) in [6.07, 6.45) is 3.55. The van der Waals surface area contributed by atoms with Gasteiger partial charge in [0.25, 0.3) is 5.91 Å². The monoisotopic (exact) mass is 593 g/mol. The van der Waals surface area contributed by atoms with Gasteiger partial charge < -0.3 is 19.7 Å². The molecule has 0 atom stereocenters. The van der Waals surface area contributed by atoms with Gasteiger partial charge in [0.15, 0.2) is 9.84 Å². The van der Waals surface area contributed by atoms with E-state index in [1.165, 1.54) is 6.07 Å². The molecule has 6 rings (SSSR count). The molecule has 0 saturated heterocycles. The fourth-order valence-electron chi connectivity index (χ4n) is 5.10. The number of aromatic nitrogens is 3. The number of halogens is 1. The Kier molecular flexibility index (Phi) is 7.60. The standard InChI is InChI=1S/C29H28ClN5O5S/c1-39-17-25-23(30)11-18-3-2-8-35(28(18)34-25)27-7-6-20-14-31-22(13-24(20)33-27)15-32-29(36)19-4-5-21-16-40-9-10-41(37,38)26(21)12-19/h4-7,11-14H,2-3,8-10,15-17H2,1H3,(H,32,36). The molecule has 0 bridgehead atoms. The van der Waals surface area contributed by atoms with Crippen LogP contribution in [0.3, 0.4) is 0 Å². The van der Waals surface area contributed by atoms with Crippen molar-refractivity contribution in [1.29, 1.82) is 0 Å². The molecule has 0 spiro atoms. The fraction of sp³-hybridized carbons (Fsp3) is 0.310. The molecule has 1 amide bonds. The number of methoxy groups -OCH3 is 1. The summed E-state index contributed by atoms with van der Waals surface area (Å²) in [4.78, 5) is 29.3. The van der Waals surface area contributed by atoms with E-state index < -0.39 is 15.7 Å². The van der Waals surface area contributed by atoms with Gasteiger partial charge in [-0.2, -0.15) is 0 Å². The Morgan fingerprint density at radius 1 is 1.15 bits per heavy atom. The van der Waals surface area contributed by atoms with Crippen LogP contribution in [0.5, 0.6) is 0 Å². The summed E-state index contributed by atoms with van der Waals surface area (Å²) in [7, 11) is -1.90. The van der Waals surface area contributed by atoms with Gasteiger partial charge in [-0.3, -0.25) is 9.78 Å². The Morgan fingerprint density at radius 3 is 2.88 bits per heavy atom. The second-order valence-electron chi connectivity index (χ2n) is 10.0.